The van der Waals surface area contributed by atoms with Crippen LogP contribution in [0.15, 0.2) is 23.1 Å². The Morgan fingerprint density at radius 3 is 2.71 bits per heavy atom. The van der Waals surface area contributed by atoms with Crippen LogP contribution >= 0.6 is 0 Å². The van der Waals surface area contributed by atoms with E-state index in [1.165, 1.54) is 19.3 Å². The fourth-order valence-corrected chi connectivity index (χ4v) is 6.30. The van der Waals surface area contributed by atoms with Gasteiger partial charge in [-0.05, 0) is 74.5 Å². The summed E-state index contributed by atoms with van der Waals surface area (Å²) >= 11 is 0. The van der Waals surface area contributed by atoms with Gasteiger partial charge in [0.2, 0.25) is 5.91 Å². The molecule has 2 saturated heterocycles. The van der Waals surface area contributed by atoms with E-state index in [1.807, 2.05) is 17.0 Å². The largest absolute Gasteiger partial charge is 0.341 e. The summed E-state index contributed by atoms with van der Waals surface area (Å²) in [6.45, 7) is 2.44. The summed E-state index contributed by atoms with van der Waals surface area (Å²) < 4.78 is 1.78. The lowest BCUT2D eigenvalue weighted by molar-refractivity contribution is -0.148. The zero-order valence-electron chi connectivity index (χ0n) is 16.1. The number of imidazole rings is 1. The Morgan fingerprint density at radius 2 is 2.00 bits per heavy atom. The molecular formula is C21H27N5O2. The quantitative estimate of drug-likeness (QED) is 0.847. The van der Waals surface area contributed by atoms with Gasteiger partial charge in [-0.1, -0.05) is 0 Å². The number of fused-ring (bicyclic) bond motifs is 1. The molecule has 2 aromatic rings. The third-order valence-electron chi connectivity index (χ3n) is 8.00. The molecule has 7 rings (SSSR count). The minimum absolute atomic E-state index is 0.00643. The first-order valence-corrected chi connectivity index (χ1v) is 10.7. The highest BCUT2D eigenvalue weighted by Gasteiger charge is 2.61. The van der Waals surface area contributed by atoms with Crippen molar-refractivity contribution in [3.05, 3.63) is 28.8 Å². The number of hydrogen-bond acceptors (Lipinski definition) is 4. The maximum atomic E-state index is 13.0. The first kappa shape index (κ1) is 16.8. The fraction of sp³-hybridized carbons (Fsp3) is 0.667. The van der Waals surface area contributed by atoms with Crippen molar-refractivity contribution in [2.45, 2.75) is 50.6 Å². The molecule has 148 valence electrons. The SMILES string of the molecule is O=C([C@@H]1CC(C23CC(C2)C3)CN1)N1CCC(n2c(=O)[nH]c3cccnc32)CC1. The molecule has 1 unspecified atom stereocenters. The summed E-state index contributed by atoms with van der Waals surface area (Å²) in [7, 11) is 0. The van der Waals surface area contributed by atoms with Crippen LogP contribution in [0.3, 0.4) is 0 Å². The van der Waals surface area contributed by atoms with Crippen molar-refractivity contribution >= 4 is 17.1 Å². The van der Waals surface area contributed by atoms with Crippen molar-refractivity contribution in [2.75, 3.05) is 19.6 Å². The molecule has 2 atom stereocenters. The van der Waals surface area contributed by atoms with E-state index >= 15 is 0 Å². The molecule has 2 aliphatic heterocycles. The summed E-state index contributed by atoms with van der Waals surface area (Å²) in [4.78, 5) is 34.7. The van der Waals surface area contributed by atoms with E-state index in [-0.39, 0.29) is 23.7 Å². The van der Waals surface area contributed by atoms with E-state index in [2.05, 4.69) is 15.3 Å². The molecule has 2 aromatic heterocycles. The third-order valence-corrected chi connectivity index (χ3v) is 8.00. The predicted octanol–water partition coefficient (Wildman–Crippen LogP) is 1.67. The van der Waals surface area contributed by atoms with Gasteiger partial charge in [-0.3, -0.25) is 9.36 Å². The second kappa shape index (κ2) is 5.92. The van der Waals surface area contributed by atoms with Crippen LogP contribution in [0.5, 0.6) is 0 Å². The maximum absolute atomic E-state index is 13.0. The predicted molar refractivity (Wildman–Crippen MR) is 105 cm³/mol. The average molecular weight is 381 g/mol. The van der Waals surface area contributed by atoms with Gasteiger partial charge in [0.15, 0.2) is 5.65 Å². The molecule has 3 aliphatic carbocycles. The van der Waals surface area contributed by atoms with Crippen LogP contribution in [0.2, 0.25) is 0 Å². The Hall–Kier alpha value is -2.15. The molecule has 4 heterocycles. The molecule has 0 spiro atoms. The highest BCUT2D eigenvalue weighted by atomic mass is 16.2. The van der Waals surface area contributed by atoms with Gasteiger partial charge in [-0.15, -0.1) is 0 Å². The molecule has 5 fully saturated rings. The second-order valence-corrected chi connectivity index (χ2v) is 9.47. The molecule has 3 saturated carbocycles. The van der Waals surface area contributed by atoms with E-state index in [0.717, 1.165) is 42.9 Å². The molecule has 28 heavy (non-hydrogen) atoms. The van der Waals surface area contributed by atoms with Gasteiger partial charge in [-0.2, -0.15) is 0 Å². The first-order chi connectivity index (χ1) is 13.6. The zero-order valence-corrected chi connectivity index (χ0v) is 16.1. The Balaban J connectivity index is 1.11. The highest BCUT2D eigenvalue weighted by molar-refractivity contribution is 5.82. The number of carbonyl (C=O) groups is 1. The molecule has 7 nitrogen and oxygen atoms in total. The number of hydrogen-bond donors (Lipinski definition) is 2. The Labute approximate surface area is 163 Å². The van der Waals surface area contributed by atoms with Gasteiger partial charge in [0, 0.05) is 25.3 Å². The van der Waals surface area contributed by atoms with Gasteiger partial charge >= 0.3 is 5.69 Å². The van der Waals surface area contributed by atoms with E-state index in [9.17, 15) is 9.59 Å². The normalized spacial score (nSPS) is 35.0. The van der Waals surface area contributed by atoms with Crippen LogP contribution < -0.4 is 11.0 Å². The summed E-state index contributed by atoms with van der Waals surface area (Å²) in [5, 5.41) is 3.51. The number of H-pyrrole nitrogens is 1. The van der Waals surface area contributed by atoms with Gasteiger partial charge in [0.05, 0.1) is 11.6 Å². The smallest absolute Gasteiger partial charge is 0.327 e. The number of aromatic nitrogens is 3. The molecule has 2 N–H and O–H groups in total. The first-order valence-electron chi connectivity index (χ1n) is 10.7. The molecule has 5 aliphatic rings. The van der Waals surface area contributed by atoms with Crippen LogP contribution in [0, 0.1) is 17.3 Å². The summed E-state index contributed by atoms with van der Waals surface area (Å²) in [5.74, 6) is 1.95. The van der Waals surface area contributed by atoms with Crippen molar-refractivity contribution in [1.29, 1.82) is 0 Å². The van der Waals surface area contributed by atoms with Crippen LogP contribution in [-0.4, -0.2) is 51.0 Å². The van der Waals surface area contributed by atoms with Crippen molar-refractivity contribution in [3.63, 3.8) is 0 Å². The zero-order chi connectivity index (χ0) is 18.9. The number of pyridine rings is 1. The van der Waals surface area contributed by atoms with Crippen molar-refractivity contribution in [2.24, 2.45) is 17.3 Å². The van der Waals surface area contributed by atoms with Gasteiger partial charge in [-0.25, -0.2) is 9.78 Å². The lowest BCUT2D eigenvalue weighted by Gasteiger charge is -2.65. The number of rotatable bonds is 3. The van der Waals surface area contributed by atoms with Crippen LogP contribution in [0.25, 0.3) is 11.2 Å². The highest BCUT2D eigenvalue weighted by Crippen LogP contribution is 2.69. The Morgan fingerprint density at radius 1 is 1.21 bits per heavy atom. The summed E-state index contributed by atoms with van der Waals surface area (Å²) in [6.07, 6.45) is 8.54. The van der Waals surface area contributed by atoms with Gasteiger partial charge in [0.25, 0.3) is 0 Å². The summed E-state index contributed by atoms with van der Waals surface area (Å²) in [5.41, 5.74) is 1.98. The molecule has 0 radical (unpaired) electrons. The minimum Gasteiger partial charge on any atom is -0.341 e. The number of carbonyl (C=O) groups excluding carboxylic acids is 1. The molecule has 1 amide bonds. The number of aromatic amines is 1. The maximum Gasteiger partial charge on any atom is 0.327 e. The van der Waals surface area contributed by atoms with E-state index < -0.39 is 0 Å². The molecule has 2 bridgehead atoms. The topological polar surface area (TPSA) is 83.0 Å². The Kier molecular flexibility index (Phi) is 3.55. The summed E-state index contributed by atoms with van der Waals surface area (Å²) in [6, 6.07) is 3.81. The molecule has 0 aromatic carbocycles. The number of likely N-dealkylation sites (tertiary alicyclic amines) is 1. The number of amides is 1. The third kappa shape index (κ3) is 2.35. The average Bonchev–Trinajstić information content (AvgIpc) is 3.23. The number of piperidine rings is 1. The van der Waals surface area contributed by atoms with Gasteiger partial charge < -0.3 is 15.2 Å². The van der Waals surface area contributed by atoms with Crippen LogP contribution in [0.1, 0.15) is 44.6 Å². The fourth-order valence-electron chi connectivity index (χ4n) is 6.30. The van der Waals surface area contributed by atoms with Crippen molar-refractivity contribution in [1.82, 2.24) is 24.8 Å². The molecular weight excluding hydrogens is 354 g/mol. The standard InChI is InChI=1S/C21H27N5O2/c27-19(17-8-14(12-23-17)21-9-13(10-21)11-21)25-6-3-15(4-7-25)26-18-16(24-20(26)28)2-1-5-22-18/h1-2,5,13-15,17,23H,3-4,6-12H2,(H,24,28)/t13?,14?,17-,21?/m0/s1. The Bertz CT molecular complexity index is 969. The van der Waals surface area contributed by atoms with Gasteiger partial charge in [0.1, 0.15) is 0 Å². The van der Waals surface area contributed by atoms with E-state index in [1.54, 1.807) is 10.8 Å². The second-order valence-electron chi connectivity index (χ2n) is 9.47. The monoisotopic (exact) mass is 381 g/mol. The lowest BCUT2D eigenvalue weighted by atomic mass is 9.40. The number of nitrogens with zero attached hydrogens (tertiary/aromatic N) is 3. The minimum atomic E-state index is -0.0997. The van der Waals surface area contributed by atoms with Crippen molar-refractivity contribution in [3.8, 4) is 0 Å². The molecule has 7 heteroatoms. The number of nitrogens with one attached hydrogen (secondary N) is 2. The van der Waals surface area contributed by atoms with E-state index in [0.29, 0.717) is 24.4 Å². The van der Waals surface area contributed by atoms with E-state index in [4.69, 9.17) is 0 Å². The van der Waals surface area contributed by atoms with Crippen molar-refractivity contribution < 1.29 is 4.79 Å². The van der Waals surface area contributed by atoms with Crippen LogP contribution in [0.4, 0.5) is 0 Å². The van der Waals surface area contributed by atoms with Crippen LogP contribution in [-0.2, 0) is 4.79 Å². The lowest BCUT2D eigenvalue weighted by Crippen LogP contribution is -2.56.